The molecule has 0 amide bonds. The molecule has 0 aliphatic heterocycles. The van der Waals surface area contributed by atoms with E-state index >= 15 is 0 Å². The lowest BCUT2D eigenvalue weighted by molar-refractivity contribution is 1.04. The van der Waals surface area contributed by atoms with Crippen molar-refractivity contribution in [3.8, 4) is 0 Å². The molecule has 0 spiro atoms. The van der Waals surface area contributed by atoms with Crippen LogP contribution in [-0.2, 0) is 6.54 Å². The number of nitrogens with zero attached hydrogens (tertiary/aromatic N) is 2. The molecule has 4 N–H and O–H groups in total. The molecule has 0 bridgehead atoms. The fourth-order valence-corrected chi connectivity index (χ4v) is 2.39. The fraction of sp³-hybridized carbons (Fsp3) is 0.0833. The maximum Gasteiger partial charge on any atom is 0.304 e. The summed E-state index contributed by atoms with van der Waals surface area (Å²) < 4.78 is 0. The largest absolute Gasteiger partial charge is 0.368 e. The molecule has 0 unspecified atom stereocenters. The number of nitrogens with two attached hydrogens (primary N) is 1. The van der Waals surface area contributed by atoms with Crippen LogP contribution in [0.5, 0.6) is 0 Å². The fourth-order valence-electron chi connectivity index (χ4n) is 1.81. The molecule has 0 atom stereocenters. The molecule has 3 aromatic rings. The summed E-state index contributed by atoms with van der Waals surface area (Å²) in [4.78, 5) is 22.1. The lowest BCUT2D eigenvalue weighted by Gasteiger charge is -2.08. The van der Waals surface area contributed by atoms with Crippen LogP contribution in [0, 0.1) is 0 Å². The minimum Gasteiger partial charge on any atom is -0.368 e. The molecule has 19 heavy (non-hydrogen) atoms. The maximum atomic E-state index is 11.1. The monoisotopic (exact) mass is 273 g/mol. The summed E-state index contributed by atoms with van der Waals surface area (Å²) >= 11 is 1.14. The van der Waals surface area contributed by atoms with Crippen LogP contribution in [0.4, 0.5) is 11.8 Å². The predicted molar refractivity (Wildman–Crippen MR) is 76.2 cm³/mol. The lowest BCUT2D eigenvalue weighted by Crippen LogP contribution is -2.06. The van der Waals surface area contributed by atoms with Gasteiger partial charge in [0.25, 0.3) is 0 Å². The first-order valence-corrected chi connectivity index (χ1v) is 6.53. The number of benzene rings is 1. The zero-order valence-corrected chi connectivity index (χ0v) is 10.7. The van der Waals surface area contributed by atoms with Crippen molar-refractivity contribution in [3.63, 3.8) is 0 Å². The molecule has 0 saturated carbocycles. The molecular weight excluding hydrogens is 262 g/mol. The van der Waals surface area contributed by atoms with E-state index < -0.39 is 0 Å². The average molecular weight is 273 g/mol. The van der Waals surface area contributed by atoms with E-state index in [1.807, 2.05) is 24.3 Å². The molecule has 6 nitrogen and oxygen atoms in total. The number of nitrogens with one attached hydrogen (secondary N) is 2. The summed E-state index contributed by atoms with van der Waals surface area (Å²) in [5.41, 5.74) is 7.28. The Labute approximate surface area is 112 Å². The zero-order valence-electron chi connectivity index (χ0n) is 9.88. The van der Waals surface area contributed by atoms with Gasteiger partial charge in [-0.15, -0.1) is 0 Å². The summed E-state index contributed by atoms with van der Waals surface area (Å²) in [6.07, 6.45) is 0. The molecule has 0 aliphatic rings. The summed E-state index contributed by atoms with van der Waals surface area (Å²) in [5.74, 6) is 0.884. The smallest absolute Gasteiger partial charge is 0.304 e. The van der Waals surface area contributed by atoms with Crippen molar-refractivity contribution < 1.29 is 0 Å². The molecule has 2 heterocycles. The molecule has 0 fully saturated rings. The normalized spacial score (nSPS) is 10.7. The van der Waals surface area contributed by atoms with Gasteiger partial charge in [-0.2, -0.15) is 4.98 Å². The van der Waals surface area contributed by atoms with E-state index in [0.29, 0.717) is 12.4 Å². The van der Waals surface area contributed by atoms with Crippen LogP contribution in [0.3, 0.4) is 0 Å². The minimum atomic E-state index is -0.0659. The number of fused-ring (bicyclic) bond motifs is 1. The second kappa shape index (κ2) is 4.69. The second-order valence-corrected chi connectivity index (χ2v) is 4.82. The SMILES string of the molecule is Nc1nc(NCc2csc(=O)[nH]2)c2ccccc2n1. The van der Waals surface area contributed by atoms with Crippen molar-refractivity contribution in [2.45, 2.75) is 6.54 Å². The Morgan fingerprint density at radius 1 is 1.32 bits per heavy atom. The Morgan fingerprint density at radius 3 is 2.95 bits per heavy atom. The van der Waals surface area contributed by atoms with Gasteiger partial charge >= 0.3 is 4.87 Å². The standard InChI is InChI=1S/C12H11N5OS/c13-11-16-9-4-2-1-3-8(9)10(17-11)14-5-7-6-19-12(18)15-7/h1-4,6H,5H2,(H,15,18)(H3,13,14,16,17). The van der Waals surface area contributed by atoms with Crippen molar-refractivity contribution in [1.82, 2.24) is 15.0 Å². The van der Waals surface area contributed by atoms with E-state index in [9.17, 15) is 4.79 Å². The molecule has 96 valence electrons. The molecular formula is C12H11N5OS. The first kappa shape index (κ1) is 11.7. The van der Waals surface area contributed by atoms with Crippen LogP contribution < -0.4 is 15.9 Å². The third-order valence-electron chi connectivity index (χ3n) is 2.64. The molecule has 0 radical (unpaired) electrons. The molecule has 1 aromatic carbocycles. The lowest BCUT2D eigenvalue weighted by atomic mass is 10.2. The number of thiazole rings is 1. The van der Waals surface area contributed by atoms with Gasteiger partial charge in [-0.05, 0) is 12.1 Å². The van der Waals surface area contributed by atoms with Gasteiger partial charge in [0.15, 0.2) is 0 Å². The minimum absolute atomic E-state index is 0.0659. The first-order valence-electron chi connectivity index (χ1n) is 5.65. The van der Waals surface area contributed by atoms with Gasteiger partial charge < -0.3 is 16.0 Å². The van der Waals surface area contributed by atoms with Gasteiger partial charge in [-0.3, -0.25) is 4.79 Å². The summed E-state index contributed by atoms with van der Waals surface area (Å²) in [5, 5.41) is 5.84. The third kappa shape index (κ3) is 2.41. The van der Waals surface area contributed by atoms with Crippen molar-refractivity contribution in [3.05, 3.63) is 45.0 Å². The number of para-hydroxylation sites is 1. The molecule has 0 aliphatic carbocycles. The number of H-pyrrole nitrogens is 1. The van der Waals surface area contributed by atoms with E-state index in [0.717, 1.165) is 27.9 Å². The van der Waals surface area contributed by atoms with Gasteiger partial charge in [0.1, 0.15) is 5.82 Å². The molecule has 3 rings (SSSR count). The van der Waals surface area contributed by atoms with Gasteiger partial charge in [0.05, 0.1) is 12.1 Å². The van der Waals surface area contributed by atoms with Crippen molar-refractivity contribution >= 4 is 34.0 Å². The topological polar surface area (TPSA) is 96.7 Å². The quantitative estimate of drug-likeness (QED) is 0.673. The highest BCUT2D eigenvalue weighted by Gasteiger charge is 2.05. The average Bonchev–Trinajstić information content (AvgIpc) is 2.81. The van der Waals surface area contributed by atoms with E-state index in [-0.39, 0.29) is 10.8 Å². The zero-order chi connectivity index (χ0) is 13.2. The Balaban J connectivity index is 1.93. The van der Waals surface area contributed by atoms with E-state index in [1.54, 1.807) is 5.38 Å². The summed E-state index contributed by atoms with van der Waals surface area (Å²) in [6.45, 7) is 0.485. The van der Waals surface area contributed by atoms with Crippen LogP contribution in [0.25, 0.3) is 10.9 Å². The Bertz CT molecular complexity index is 779. The summed E-state index contributed by atoms with van der Waals surface area (Å²) in [7, 11) is 0. The van der Waals surface area contributed by atoms with E-state index in [4.69, 9.17) is 5.73 Å². The van der Waals surface area contributed by atoms with Crippen molar-refractivity contribution in [2.75, 3.05) is 11.1 Å². The van der Waals surface area contributed by atoms with Gasteiger partial charge in [0, 0.05) is 16.5 Å². The second-order valence-electron chi connectivity index (χ2n) is 3.97. The predicted octanol–water partition coefficient (Wildman–Crippen LogP) is 1.57. The Morgan fingerprint density at radius 2 is 2.16 bits per heavy atom. The number of rotatable bonds is 3. The number of aromatic nitrogens is 3. The van der Waals surface area contributed by atoms with Crippen LogP contribution >= 0.6 is 11.3 Å². The van der Waals surface area contributed by atoms with Crippen LogP contribution in [0.1, 0.15) is 5.69 Å². The number of nitrogen functional groups attached to an aromatic ring is 1. The molecule has 2 aromatic heterocycles. The van der Waals surface area contributed by atoms with Crippen molar-refractivity contribution in [2.24, 2.45) is 0 Å². The Kier molecular flexibility index (Phi) is 2.88. The van der Waals surface area contributed by atoms with E-state index in [2.05, 4.69) is 20.3 Å². The number of hydrogen-bond acceptors (Lipinski definition) is 6. The van der Waals surface area contributed by atoms with Gasteiger partial charge in [0.2, 0.25) is 5.95 Å². The van der Waals surface area contributed by atoms with E-state index in [1.165, 1.54) is 0 Å². The van der Waals surface area contributed by atoms with Crippen LogP contribution in [-0.4, -0.2) is 15.0 Å². The Hall–Kier alpha value is -2.41. The van der Waals surface area contributed by atoms with Crippen molar-refractivity contribution in [1.29, 1.82) is 0 Å². The van der Waals surface area contributed by atoms with Gasteiger partial charge in [-0.1, -0.05) is 23.5 Å². The highest BCUT2D eigenvalue weighted by molar-refractivity contribution is 7.07. The highest BCUT2D eigenvalue weighted by atomic mass is 32.1. The molecule has 7 heteroatoms. The first-order chi connectivity index (χ1) is 9.22. The maximum absolute atomic E-state index is 11.1. The number of hydrogen-bond donors (Lipinski definition) is 3. The number of anilines is 2. The van der Waals surface area contributed by atoms with Crippen LogP contribution in [0.15, 0.2) is 34.4 Å². The summed E-state index contributed by atoms with van der Waals surface area (Å²) in [6, 6.07) is 7.62. The van der Waals surface area contributed by atoms with Gasteiger partial charge in [-0.25, -0.2) is 4.98 Å². The third-order valence-corrected chi connectivity index (χ3v) is 3.36. The number of aromatic amines is 1. The molecule has 0 saturated heterocycles. The van der Waals surface area contributed by atoms with Crippen LogP contribution in [0.2, 0.25) is 0 Å². The highest BCUT2D eigenvalue weighted by Crippen LogP contribution is 2.21.